The maximum atomic E-state index is 11.7. The van der Waals surface area contributed by atoms with Crippen LogP contribution < -0.4 is 16.4 Å². The average Bonchev–Trinajstić information content (AvgIpc) is 3.17. The van der Waals surface area contributed by atoms with Gasteiger partial charge in [-0.2, -0.15) is 0 Å². The highest BCUT2D eigenvalue weighted by atomic mass is 16.4. The topological polar surface area (TPSA) is 122 Å². The molecule has 0 bridgehead atoms. The lowest BCUT2D eigenvalue weighted by molar-refractivity contribution is -0.138. The molecule has 0 heterocycles. The van der Waals surface area contributed by atoms with Crippen molar-refractivity contribution in [1.29, 1.82) is 0 Å². The Labute approximate surface area is 118 Å². The number of aliphatic carboxylic acids is 1. The standard InChI is InChI=1S/C13H23N3O4/c1-7(2)12(14)13(20)15-6-10(17)16-9(5-11(18)19)8-3-4-8/h7-9,12H,3-6,14H2,1-2H3,(H,15,20)(H,16,17)(H,18,19)/t9?,12-/m0/s1. The summed E-state index contributed by atoms with van der Waals surface area (Å²) in [6.07, 6.45) is 1.78. The van der Waals surface area contributed by atoms with Gasteiger partial charge in [-0.05, 0) is 24.7 Å². The van der Waals surface area contributed by atoms with Crippen LogP contribution in [0.2, 0.25) is 0 Å². The molecule has 2 atom stereocenters. The number of hydrogen-bond donors (Lipinski definition) is 4. The largest absolute Gasteiger partial charge is 0.481 e. The molecule has 5 N–H and O–H groups in total. The van der Waals surface area contributed by atoms with Crippen LogP contribution in [0.5, 0.6) is 0 Å². The fourth-order valence-electron chi connectivity index (χ4n) is 1.87. The third-order valence-corrected chi connectivity index (χ3v) is 3.38. The molecule has 20 heavy (non-hydrogen) atoms. The molecule has 1 rings (SSSR count). The van der Waals surface area contributed by atoms with Crippen LogP contribution in [-0.4, -0.2) is 41.5 Å². The highest BCUT2D eigenvalue weighted by Gasteiger charge is 2.33. The zero-order chi connectivity index (χ0) is 15.3. The van der Waals surface area contributed by atoms with Gasteiger partial charge in [-0.3, -0.25) is 14.4 Å². The summed E-state index contributed by atoms with van der Waals surface area (Å²) in [6, 6.07) is -1.00. The smallest absolute Gasteiger partial charge is 0.305 e. The highest BCUT2D eigenvalue weighted by molar-refractivity contribution is 5.87. The number of carbonyl (C=O) groups is 3. The Bertz CT molecular complexity index is 380. The van der Waals surface area contributed by atoms with Gasteiger partial charge in [-0.15, -0.1) is 0 Å². The molecule has 0 aromatic rings. The fourth-order valence-corrected chi connectivity index (χ4v) is 1.87. The van der Waals surface area contributed by atoms with Crippen LogP contribution in [0.1, 0.15) is 33.1 Å². The molecule has 0 aromatic carbocycles. The monoisotopic (exact) mass is 285 g/mol. The predicted octanol–water partition coefficient (Wildman–Crippen LogP) is -0.545. The highest BCUT2D eigenvalue weighted by Crippen LogP contribution is 2.33. The van der Waals surface area contributed by atoms with Crippen molar-refractivity contribution < 1.29 is 19.5 Å². The summed E-state index contributed by atoms with van der Waals surface area (Å²) < 4.78 is 0. The quantitative estimate of drug-likeness (QED) is 0.477. The molecular formula is C13H23N3O4. The Morgan fingerprint density at radius 2 is 1.90 bits per heavy atom. The van der Waals surface area contributed by atoms with Gasteiger partial charge in [0.2, 0.25) is 11.8 Å². The second kappa shape index (κ2) is 7.23. The van der Waals surface area contributed by atoms with E-state index in [2.05, 4.69) is 10.6 Å². The van der Waals surface area contributed by atoms with Gasteiger partial charge in [0, 0.05) is 6.04 Å². The third kappa shape index (κ3) is 5.56. The Morgan fingerprint density at radius 3 is 2.35 bits per heavy atom. The molecule has 7 nitrogen and oxygen atoms in total. The maximum absolute atomic E-state index is 11.7. The van der Waals surface area contributed by atoms with E-state index in [1.54, 1.807) is 0 Å². The SMILES string of the molecule is CC(C)[C@H](N)C(=O)NCC(=O)NC(CC(=O)O)C1CC1. The van der Waals surface area contributed by atoms with E-state index < -0.39 is 12.0 Å². The minimum atomic E-state index is -0.937. The van der Waals surface area contributed by atoms with E-state index in [0.717, 1.165) is 12.8 Å². The summed E-state index contributed by atoms with van der Waals surface area (Å²) in [5.74, 6) is -1.47. The van der Waals surface area contributed by atoms with E-state index >= 15 is 0 Å². The Hall–Kier alpha value is -1.63. The van der Waals surface area contributed by atoms with Gasteiger partial charge in [-0.1, -0.05) is 13.8 Å². The van der Waals surface area contributed by atoms with Gasteiger partial charge in [0.05, 0.1) is 19.0 Å². The Balaban J connectivity index is 2.34. The zero-order valence-electron chi connectivity index (χ0n) is 11.9. The molecule has 2 amide bonds. The van der Waals surface area contributed by atoms with Crippen molar-refractivity contribution in [2.24, 2.45) is 17.6 Å². The van der Waals surface area contributed by atoms with Crippen molar-refractivity contribution in [2.45, 2.75) is 45.2 Å². The Morgan fingerprint density at radius 1 is 1.30 bits per heavy atom. The molecule has 0 spiro atoms. The zero-order valence-corrected chi connectivity index (χ0v) is 11.9. The lowest BCUT2D eigenvalue weighted by atomic mass is 10.1. The molecule has 1 aliphatic rings. The van der Waals surface area contributed by atoms with E-state index in [4.69, 9.17) is 10.8 Å². The van der Waals surface area contributed by atoms with E-state index in [-0.39, 0.29) is 42.7 Å². The van der Waals surface area contributed by atoms with Crippen molar-refractivity contribution in [3.63, 3.8) is 0 Å². The molecule has 0 saturated heterocycles. The van der Waals surface area contributed by atoms with Gasteiger partial charge < -0.3 is 21.5 Å². The molecule has 1 aliphatic carbocycles. The minimum absolute atomic E-state index is 0.00992. The Kier molecular flexibility index (Phi) is 5.94. The number of nitrogens with two attached hydrogens (primary N) is 1. The van der Waals surface area contributed by atoms with E-state index in [0.29, 0.717) is 0 Å². The normalized spacial score (nSPS) is 17.4. The minimum Gasteiger partial charge on any atom is -0.481 e. The summed E-state index contributed by atoms with van der Waals surface area (Å²) in [7, 11) is 0. The summed E-state index contributed by atoms with van der Waals surface area (Å²) in [4.78, 5) is 34.0. The molecule has 0 radical (unpaired) electrons. The van der Waals surface area contributed by atoms with Crippen molar-refractivity contribution in [2.75, 3.05) is 6.54 Å². The lowest BCUT2D eigenvalue weighted by Crippen LogP contribution is -2.49. The molecule has 0 aromatic heterocycles. The summed E-state index contributed by atoms with van der Waals surface area (Å²) in [6.45, 7) is 3.46. The third-order valence-electron chi connectivity index (χ3n) is 3.38. The van der Waals surface area contributed by atoms with E-state index in [9.17, 15) is 14.4 Å². The van der Waals surface area contributed by atoms with Crippen LogP contribution in [0, 0.1) is 11.8 Å². The van der Waals surface area contributed by atoms with Crippen LogP contribution in [0.3, 0.4) is 0 Å². The molecule has 1 saturated carbocycles. The number of nitrogens with one attached hydrogen (secondary N) is 2. The van der Waals surface area contributed by atoms with Crippen LogP contribution in [0.25, 0.3) is 0 Å². The molecule has 114 valence electrons. The molecule has 0 aliphatic heterocycles. The second-order valence-electron chi connectivity index (χ2n) is 5.60. The van der Waals surface area contributed by atoms with Gasteiger partial charge in [0.25, 0.3) is 0 Å². The summed E-state index contributed by atoms with van der Waals surface area (Å²) in [5.41, 5.74) is 5.65. The summed E-state index contributed by atoms with van der Waals surface area (Å²) >= 11 is 0. The number of carboxylic acid groups (broad SMARTS) is 1. The van der Waals surface area contributed by atoms with E-state index in [1.807, 2.05) is 13.8 Å². The molecule has 1 unspecified atom stereocenters. The number of carbonyl (C=O) groups excluding carboxylic acids is 2. The van der Waals surface area contributed by atoms with Crippen molar-refractivity contribution >= 4 is 17.8 Å². The first-order chi connectivity index (χ1) is 9.31. The van der Waals surface area contributed by atoms with Gasteiger partial charge in [0.1, 0.15) is 0 Å². The van der Waals surface area contributed by atoms with Crippen molar-refractivity contribution in [3.8, 4) is 0 Å². The van der Waals surface area contributed by atoms with Crippen LogP contribution in [0.4, 0.5) is 0 Å². The van der Waals surface area contributed by atoms with Crippen molar-refractivity contribution in [3.05, 3.63) is 0 Å². The number of hydrogen-bond acceptors (Lipinski definition) is 4. The van der Waals surface area contributed by atoms with Gasteiger partial charge in [0.15, 0.2) is 0 Å². The van der Waals surface area contributed by atoms with Crippen LogP contribution >= 0.6 is 0 Å². The second-order valence-corrected chi connectivity index (χ2v) is 5.60. The first-order valence-corrected chi connectivity index (χ1v) is 6.85. The van der Waals surface area contributed by atoms with E-state index in [1.165, 1.54) is 0 Å². The first-order valence-electron chi connectivity index (χ1n) is 6.85. The van der Waals surface area contributed by atoms with Crippen LogP contribution in [-0.2, 0) is 14.4 Å². The predicted molar refractivity (Wildman–Crippen MR) is 72.7 cm³/mol. The number of amides is 2. The molecular weight excluding hydrogens is 262 g/mol. The van der Waals surface area contributed by atoms with Crippen molar-refractivity contribution in [1.82, 2.24) is 10.6 Å². The van der Waals surface area contributed by atoms with Crippen LogP contribution in [0.15, 0.2) is 0 Å². The fraction of sp³-hybridized carbons (Fsp3) is 0.769. The average molecular weight is 285 g/mol. The number of rotatable bonds is 8. The van der Waals surface area contributed by atoms with Gasteiger partial charge >= 0.3 is 5.97 Å². The summed E-state index contributed by atoms with van der Waals surface area (Å²) in [5, 5.41) is 13.9. The number of carboxylic acids is 1. The first kappa shape index (κ1) is 16.4. The molecule has 1 fully saturated rings. The molecule has 7 heteroatoms. The lowest BCUT2D eigenvalue weighted by Gasteiger charge is -2.18. The van der Waals surface area contributed by atoms with Gasteiger partial charge in [-0.25, -0.2) is 0 Å². The maximum Gasteiger partial charge on any atom is 0.305 e.